The van der Waals surface area contributed by atoms with E-state index in [0.29, 0.717) is 23.2 Å². The molecule has 1 N–H and O–H groups in total. The maximum Gasteiger partial charge on any atom is 0.207 e. The summed E-state index contributed by atoms with van der Waals surface area (Å²) in [6, 6.07) is 4.35. The molecule has 1 aromatic heterocycles. The van der Waals surface area contributed by atoms with Gasteiger partial charge in [0.1, 0.15) is 5.82 Å². The first-order chi connectivity index (χ1) is 8.60. The predicted molar refractivity (Wildman–Crippen MR) is 71.9 cm³/mol. The van der Waals surface area contributed by atoms with Crippen LogP contribution in [0.1, 0.15) is 5.69 Å². The lowest BCUT2D eigenvalue weighted by Crippen LogP contribution is -2.03. The van der Waals surface area contributed by atoms with E-state index in [1.165, 1.54) is 18.2 Å². The average molecular weight is 266 g/mol. The largest absolute Gasteiger partial charge is 0.323 e. The molecular weight excluding hydrogens is 253 g/mol. The molecule has 0 radical (unpaired) electrons. The quantitative estimate of drug-likeness (QED) is 0.850. The monoisotopic (exact) mass is 265 g/mol. The number of allylic oxidation sites excluding steroid dienone is 1. The Labute approximate surface area is 110 Å². The average Bonchev–Trinajstić information content (AvgIpc) is 2.65. The van der Waals surface area contributed by atoms with Gasteiger partial charge in [-0.3, -0.25) is 0 Å². The van der Waals surface area contributed by atoms with E-state index in [1.54, 1.807) is 6.08 Å². The second kappa shape index (κ2) is 5.23. The number of anilines is 2. The molecule has 0 bridgehead atoms. The number of aromatic nitrogens is 2. The van der Waals surface area contributed by atoms with Gasteiger partial charge in [-0.15, -0.1) is 6.58 Å². The number of imidazole rings is 1. The normalized spacial score (nSPS) is 10.4. The van der Waals surface area contributed by atoms with Crippen molar-refractivity contribution in [1.82, 2.24) is 9.55 Å². The summed E-state index contributed by atoms with van der Waals surface area (Å²) in [6.45, 7) is 6.15. The summed E-state index contributed by atoms with van der Waals surface area (Å²) in [5, 5.41) is 3.40. The van der Waals surface area contributed by atoms with E-state index in [0.717, 1.165) is 5.69 Å². The number of rotatable bonds is 4. The van der Waals surface area contributed by atoms with E-state index in [-0.39, 0.29) is 5.82 Å². The maximum absolute atomic E-state index is 13.6. The van der Waals surface area contributed by atoms with Crippen LogP contribution >= 0.6 is 11.6 Å². The molecule has 94 valence electrons. The smallest absolute Gasteiger partial charge is 0.207 e. The van der Waals surface area contributed by atoms with Crippen molar-refractivity contribution in [3.63, 3.8) is 0 Å². The molecule has 0 aliphatic heterocycles. The highest BCUT2D eigenvalue weighted by molar-refractivity contribution is 6.30. The van der Waals surface area contributed by atoms with E-state index >= 15 is 0 Å². The Hall–Kier alpha value is -1.81. The van der Waals surface area contributed by atoms with Gasteiger partial charge in [-0.1, -0.05) is 17.7 Å². The third-order valence-electron chi connectivity index (χ3n) is 2.40. The van der Waals surface area contributed by atoms with E-state index in [1.807, 2.05) is 17.7 Å². The van der Waals surface area contributed by atoms with E-state index in [2.05, 4.69) is 16.9 Å². The summed E-state index contributed by atoms with van der Waals surface area (Å²) < 4.78 is 15.5. The van der Waals surface area contributed by atoms with Gasteiger partial charge in [-0.05, 0) is 25.1 Å². The predicted octanol–water partition coefficient (Wildman–Crippen LogP) is 3.91. The van der Waals surface area contributed by atoms with Crippen LogP contribution in [0.3, 0.4) is 0 Å². The van der Waals surface area contributed by atoms with Gasteiger partial charge in [0, 0.05) is 17.8 Å². The van der Waals surface area contributed by atoms with Crippen LogP contribution in [0.4, 0.5) is 16.0 Å². The third-order valence-corrected chi connectivity index (χ3v) is 2.63. The summed E-state index contributed by atoms with van der Waals surface area (Å²) in [5.41, 5.74) is 1.15. The fraction of sp³-hybridized carbons (Fsp3) is 0.154. The van der Waals surface area contributed by atoms with Crippen molar-refractivity contribution >= 4 is 23.2 Å². The van der Waals surface area contributed by atoms with E-state index < -0.39 is 0 Å². The zero-order valence-corrected chi connectivity index (χ0v) is 10.7. The second-order valence-corrected chi connectivity index (χ2v) is 4.33. The van der Waals surface area contributed by atoms with Crippen LogP contribution in [0.5, 0.6) is 0 Å². The molecule has 1 heterocycles. The molecular formula is C13H13ClFN3. The molecule has 2 rings (SSSR count). The lowest BCUT2D eigenvalue weighted by molar-refractivity contribution is 0.631. The molecule has 3 nitrogen and oxygen atoms in total. The molecule has 0 aliphatic carbocycles. The van der Waals surface area contributed by atoms with Gasteiger partial charge in [0.2, 0.25) is 5.95 Å². The summed E-state index contributed by atoms with van der Waals surface area (Å²) >= 11 is 5.84. The number of nitrogens with zero attached hydrogens (tertiary/aromatic N) is 2. The minimum Gasteiger partial charge on any atom is -0.323 e. The van der Waals surface area contributed by atoms with Crippen LogP contribution in [0.25, 0.3) is 0 Å². The molecule has 2 aromatic rings. The molecule has 5 heteroatoms. The third kappa shape index (κ3) is 2.71. The van der Waals surface area contributed by atoms with Gasteiger partial charge in [0.25, 0.3) is 0 Å². The SMILES string of the molecule is C=CCn1cc(C)nc1Nc1cc(Cl)ccc1F. The molecule has 18 heavy (non-hydrogen) atoms. The van der Waals surface area contributed by atoms with Crippen LogP contribution in [0.15, 0.2) is 37.1 Å². The molecule has 0 aliphatic rings. The standard InChI is InChI=1S/C13H13ClFN3/c1-3-6-18-8-9(2)16-13(18)17-12-7-10(14)4-5-11(12)15/h3-5,7-8H,1,6H2,2H3,(H,16,17). The number of nitrogens with one attached hydrogen (secondary N) is 1. The first-order valence-electron chi connectivity index (χ1n) is 5.47. The highest BCUT2D eigenvalue weighted by Gasteiger charge is 2.08. The van der Waals surface area contributed by atoms with E-state index in [4.69, 9.17) is 11.6 Å². The van der Waals surface area contributed by atoms with Crippen molar-refractivity contribution in [2.45, 2.75) is 13.5 Å². The zero-order valence-electron chi connectivity index (χ0n) is 9.95. The highest BCUT2D eigenvalue weighted by Crippen LogP contribution is 2.23. The van der Waals surface area contributed by atoms with Crippen molar-refractivity contribution in [2.24, 2.45) is 0 Å². The van der Waals surface area contributed by atoms with Crippen molar-refractivity contribution in [1.29, 1.82) is 0 Å². The highest BCUT2D eigenvalue weighted by atomic mass is 35.5. The minimum absolute atomic E-state index is 0.304. The molecule has 0 atom stereocenters. The molecule has 1 aromatic carbocycles. The molecule has 0 saturated heterocycles. The second-order valence-electron chi connectivity index (χ2n) is 3.90. The van der Waals surface area contributed by atoms with Gasteiger partial charge in [0.05, 0.1) is 11.4 Å². The lowest BCUT2D eigenvalue weighted by Gasteiger charge is -2.09. The van der Waals surface area contributed by atoms with E-state index in [9.17, 15) is 4.39 Å². The summed E-state index contributed by atoms with van der Waals surface area (Å²) in [4.78, 5) is 4.29. The van der Waals surface area contributed by atoms with Crippen molar-refractivity contribution in [3.8, 4) is 0 Å². The topological polar surface area (TPSA) is 29.9 Å². The van der Waals surface area contributed by atoms with Crippen LogP contribution in [-0.2, 0) is 6.54 Å². The van der Waals surface area contributed by atoms with Gasteiger partial charge in [-0.2, -0.15) is 0 Å². The van der Waals surface area contributed by atoms with Crippen molar-refractivity contribution in [3.05, 3.63) is 53.6 Å². The van der Waals surface area contributed by atoms with Crippen molar-refractivity contribution < 1.29 is 4.39 Å². The lowest BCUT2D eigenvalue weighted by atomic mass is 10.3. The molecule has 0 saturated carbocycles. The summed E-state index contributed by atoms with van der Waals surface area (Å²) in [7, 11) is 0. The van der Waals surface area contributed by atoms with Crippen LogP contribution in [-0.4, -0.2) is 9.55 Å². The first-order valence-corrected chi connectivity index (χ1v) is 5.84. The molecule has 0 spiro atoms. The Balaban J connectivity index is 2.33. The number of aryl methyl sites for hydroxylation is 1. The number of halogens is 2. The minimum atomic E-state index is -0.370. The first kappa shape index (κ1) is 12.6. The number of hydrogen-bond acceptors (Lipinski definition) is 2. The van der Waals surface area contributed by atoms with Gasteiger partial charge in [0.15, 0.2) is 0 Å². The molecule has 0 unspecified atom stereocenters. The fourth-order valence-electron chi connectivity index (χ4n) is 1.64. The van der Waals surface area contributed by atoms with Crippen LogP contribution in [0, 0.1) is 12.7 Å². The Morgan fingerprint density at radius 1 is 1.56 bits per heavy atom. The van der Waals surface area contributed by atoms with Gasteiger partial charge in [-0.25, -0.2) is 9.37 Å². The molecule has 0 fully saturated rings. The Kier molecular flexibility index (Phi) is 3.67. The summed E-state index contributed by atoms with van der Waals surface area (Å²) in [6.07, 6.45) is 3.62. The van der Waals surface area contributed by atoms with Gasteiger partial charge >= 0.3 is 0 Å². The van der Waals surface area contributed by atoms with Crippen molar-refractivity contribution in [2.75, 3.05) is 5.32 Å². The molecule has 0 amide bonds. The Bertz CT molecular complexity index is 578. The number of benzene rings is 1. The zero-order chi connectivity index (χ0) is 13.1. The Morgan fingerprint density at radius 3 is 3.06 bits per heavy atom. The van der Waals surface area contributed by atoms with Crippen LogP contribution in [0.2, 0.25) is 5.02 Å². The maximum atomic E-state index is 13.6. The van der Waals surface area contributed by atoms with Crippen LogP contribution < -0.4 is 5.32 Å². The number of hydrogen-bond donors (Lipinski definition) is 1. The Morgan fingerprint density at radius 2 is 2.33 bits per heavy atom. The summed E-state index contributed by atoms with van der Waals surface area (Å²) in [5.74, 6) is 0.193. The fourth-order valence-corrected chi connectivity index (χ4v) is 1.81. The van der Waals surface area contributed by atoms with Gasteiger partial charge < -0.3 is 9.88 Å².